The van der Waals surface area contributed by atoms with Gasteiger partial charge in [-0.1, -0.05) is 13.8 Å². The Morgan fingerprint density at radius 3 is 2.75 bits per heavy atom. The van der Waals surface area contributed by atoms with E-state index in [9.17, 15) is 14.4 Å². The number of carbonyl (C=O) groups excluding carboxylic acids is 1. The van der Waals surface area contributed by atoms with Crippen molar-refractivity contribution in [3.05, 3.63) is 44.5 Å². The molecule has 128 valence electrons. The number of H-pyrrole nitrogens is 1. The summed E-state index contributed by atoms with van der Waals surface area (Å²) in [5, 5.41) is 2.97. The van der Waals surface area contributed by atoms with Gasteiger partial charge < -0.3 is 14.9 Å². The zero-order valence-corrected chi connectivity index (χ0v) is 14.3. The molecule has 3 rings (SSSR count). The third kappa shape index (κ3) is 3.00. The summed E-state index contributed by atoms with van der Waals surface area (Å²) in [6, 6.07) is 5.03. The minimum absolute atomic E-state index is 0.151. The third-order valence-corrected chi connectivity index (χ3v) is 4.91. The maximum Gasteiger partial charge on any atom is 0.316 e. The van der Waals surface area contributed by atoms with Crippen LogP contribution in [0.1, 0.15) is 37.6 Å². The van der Waals surface area contributed by atoms with Crippen LogP contribution in [0.2, 0.25) is 0 Å². The zero-order valence-electron chi connectivity index (χ0n) is 14.3. The normalized spacial score (nSPS) is 19.7. The highest BCUT2D eigenvalue weighted by Crippen LogP contribution is 2.43. The number of aromatic nitrogens is 2. The largest absolute Gasteiger partial charge is 0.352 e. The Kier molecular flexibility index (Phi) is 4.30. The fourth-order valence-corrected chi connectivity index (χ4v) is 3.38. The number of rotatable bonds is 5. The lowest BCUT2D eigenvalue weighted by molar-refractivity contribution is 0.0951. The molecule has 6 nitrogen and oxygen atoms in total. The van der Waals surface area contributed by atoms with Crippen molar-refractivity contribution in [2.75, 3.05) is 6.54 Å². The summed E-state index contributed by atoms with van der Waals surface area (Å²) in [6.45, 7) is 7.31. The molecule has 1 aromatic carbocycles. The molecule has 1 aliphatic carbocycles. The van der Waals surface area contributed by atoms with Crippen molar-refractivity contribution in [2.24, 2.45) is 17.8 Å². The second-order valence-corrected chi connectivity index (χ2v) is 6.85. The predicted molar refractivity (Wildman–Crippen MR) is 93.3 cm³/mol. The van der Waals surface area contributed by atoms with Crippen LogP contribution in [-0.2, 0) is 6.54 Å². The molecule has 0 bridgehead atoms. The number of hydrogen-bond donors (Lipinski definition) is 2. The van der Waals surface area contributed by atoms with E-state index >= 15 is 0 Å². The number of aromatic amines is 1. The van der Waals surface area contributed by atoms with Crippen molar-refractivity contribution >= 4 is 16.9 Å². The summed E-state index contributed by atoms with van der Waals surface area (Å²) in [6.07, 6.45) is 1.17. The number of nitrogens with one attached hydrogen (secondary N) is 2. The van der Waals surface area contributed by atoms with Gasteiger partial charge in [0.1, 0.15) is 0 Å². The summed E-state index contributed by atoms with van der Waals surface area (Å²) in [5.41, 5.74) is 0.373. The Hall–Kier alpha value is -2.37. The summed E-state index contributed by atoms with van der Waals surface area (Å²) in [5.74, 6) is 1.78. The van der Waals surface area contributed by atoms with E-state index in [0.29, 0.717) is 47.4 Å². The number of benzene rings is 1. The molecule has 1 heterocycles. The maximum absolute atomic E-state index is 12.3. The molecule has 1 fully saturated rings. The Morgan fingerprint density at radius 2 is 2.12 bits per heavy atom. The summed E-state index contributed by atoms with van der Waals surface area (Å²) >= 11 is 0. The van der Waals surface area contributed by atoms with Gasteiger partial charge in [-0.3, -0.25) is 14.4 Å². The van der Waals surface area contributed by atoms with Crippen LogP contribution < -0.4 is 16.4 Å². The molecular weight excluding hydrogens is 306 g/mol. The lowest BCUT2D eigenvalue weighted by atomic mass is 10.1. The van der Waals surface area contributed by atoms with E-state index in [1.165, 1.54) is 11.0 Å². The maximum atomic E-state index is 12.3. The van der Waals surface area contributed by atoms with Crippen molar-refractivity contribution in [2.45, 2.75) is 33.7 Å². The van der Waals surface area contributed by atoms with E-state index < -0.39 is 11.1 Å². The van der Waals surface area contributed by atoms with E-state index in [1.54, 1.807) is 18.2 Å². The standard InChI is InChI=1S/C18H23N3O3/c1-4-21-15-6-5-11(8-14(15)20-17(23)18(21)24)16(22)19-9-12-7-13(12)10(2)3/h5-6,8,10,12-13H,4,7,9H2,1-3H3,(H,19,22)(H,20,23)/t12-,13-/m0/s1. The van der Waals surface area contributed by atoms with Crippen molar-refractivity contribution < 1.29 is 4.79 Å². The fraction of sp³-hybridized carbons (Fsp3) is 0.500. The third-order valence-electron chi connectivity index (χ3n) is 4.91. The first-order valence-corrected chi connectivity index (χ1v) is 8.47. The molecule has 0 unspecified atom stereocenters. The number of aryl methyl sites for hydroxylation is 1. The lowest BCUT2D eigenvalue weighted by Gasteiger charge is -2.09. The highest BCUT2D eigenvalue weighted by Gasteiger charge is 2.38. The number of carbonyl (C=O) groups is 1. The van der Waals surface area contributed by atoms with Crippen molar-refractivity contribution in [1.82, 2.24) is 14.9 Å². The van der Waals surface area contributed by atoms with E-state index in [2.05, 4.69) is 24.1 Å². The van der Waals surface area contributed by atoms with Crippen LogP contribution in [0.5, 0.6) is 0 Å². The van der Waals surface area contributed by atoms with Crippen molar-refractivity contribution in [1.29, 1.82) is 0 Å². The number of hydrogen-bond acceptors (Lipinski definition) is 3. The Morgan fingerprint density at radius 1 is 1.38 bits per heavy atom. The topological polar surface area (TPSA) is 84.0 Å². The second kappa shape index (κ2) is 6.26. The van der Waals surface area contributed by atoms with Crippen LogP contribution in [0.4, 0.5) is 0 Å². The summed E-state index contributed by atoms with van der Waals surface area (Å²) < 4.78 is 1.41. The van der Waals surface area contributed by atoms with Gasteiger partial charge in [0.15, 0.2) is 0 Å². The molecule has 0 saturated heterocycles. The molecule has 1 amide bonds. The van der Waals surface area contributed by atoms with Gasteiger partial charge in [0.25, 0.3) is 5.91 Å². The van der Waals surface area contributed by atoms with E-state index in [-0.39, 0.29) is 5.91 Å². The Bertz CT molecular complexity index is 894. The van der Waals surface area contributed by atoms with Gasteiger partial charge in [-0.05, 0) is 49.3 Å². The van der Waals surface area contributed by atoms with Crippen LogP contribution in [0.25, 0.3) is 11.0 Å². The van der Waals surface area contributed by atoms with Crippen LogP contribution >= 0.6 is 0 Å². The van der Waals surface area contributed by atoms with Crippen LogP contribution in [-0.4, -0.2) is 22.0 Å². The highest BCUT2D eigenvalue weighted by molar-refractivity contribution is 5.97. The SMILES string of the molecule is CCn1c(=O)c(=O)[nH]c2cc(C(=O)NC[C@@H]3C[C@H]3C(C)C)ccc21. The molecule has 0 aliphatic heterocycles. The summed E-state index contributed by atoms with van der Waals surface area (Å²) in [4.78, 5) is 38.5. The quantitative estimate of drug-likeness (QED) is 0.820. The lowest BCUT2D eigenvalue weighted by Crippen LogP contribution is -2.36. The van der Waals surface area contributed by atoms with Gasteiger partial charge in [0.05, 0.1) is 11.0 Å². The van der Waals surface area contributed by atoms with Gasteiger partial charge in [-0.25, -0.2) is 0 Å². The van der Waals surface area contributed by atoms with Gasteiger partial charge in [-0.15, -0.1) is 0 Å². The van der Waals surface area contributed by atoms with Crippen LogP contribution in [0, 0.1) is 17.8 Å². The molecular formula is C18H23N3O3. The fourth-order valence-electron chi connectivity index (χ4n) is 3.38. The minimum atomic E-state index is -0.667. The average molecular weight is 329 g/mol. The summed E-state index contributed by atoms with van der Waals surface area (Å²) in [7, 11) is 0. The first-order chi connectivity index (χ1) is 11.4. The number of nitrogens with zero attached hydrogens (tertiary/aromatic N) is 1. The predicted octanol–water partition coefficient (Wildman–Crippen LogP) is 1.73. The Labute approximate surface area is 139 Å². The zero-order chi connectivity index (χ0) is 17.4. The molecule has 1 aromatic heterocycles. The van der Waals surface area contributed by atoms with Crippen LogP contribution in [0.15, 0.2) is 27.8 Å². The number of fused-ring (bicyclic) bond motifs is 1. The second-order valence-electron chi connectivity index (χ2n) is 6.85. The minimum Gasteiger partial charge on any atom is -0.352 e. The molecule has 0 spiro atoms. The van der Waals surface area contributed by atoms with Crippen LogP contribution in [0.3, 0.4) is 0 Å². The van der Waals surface area contributed by atoms with Gasteiger partial charge in [0.2, 0.25) is 0 Å². The Balaban J connectivity index is 1.81. The monoisotopic (exact) mass is 329 g/mol. The molecule has 2 atom stereocenters. The molecule has 2 N–H and O–H groups in total. The molecule has 0 radical (unpaired) electrons. The molecule has 6 heteroatoms. The smallest absolute Gasteiger partial charge is 0.316 e. The molecule has 1 aliphatic rings. The average Bonchev–Trinajstić information content (AvgIpc) is 3.33. The molecule has 2 aromatic rings. The van der Waals surface area contributed by atoms with E-state index in [0.717, 1.165) is 0 Å². The molecule has 24 heavy (non-hydrogen) atoms. The van der Waals surface area contributed by atoms with Gasteiger partial charge in [-0.2, -0.15) is 0 Å². The first kappa shape index (κ1) is 16.5. The van der Waals surface area contributed by atoms with Crippen molar-refractivity contribution in [3.8, 4) is 0 Å². The van der Waals surface area contributed by atoms with E-state index in [4.69, 9.17) is 0 Å². The number of amides is 1. The van der Waals surface area contributed by atoms with Gasteiger partial charge in [0, 0.05) is 18.7 Å². The van der Waals surface area contributed by atoms with Gasteiger partial charge >= 0.3 is 11.1 Å². The van der Waals surface area contributed by atoms with E-state index in [1.807, 2.05) is 6.92 Å². The highest BCUT2D eigenvalue weighted by atomic mass is 16.2. The van der Waals surface area contributed by atoms with Crippen molar-refractivity contribution in [3.63, 3.8) is 0 Å². The first-order valence-electron chi connectivity index (χ1n) is 8.47. The molecule has 1 saturated carbocycles.